The van der Waals surface area contributed by atoms with E-state index in [1.807, 2.05) is 37.3 Å². The molecular weight excluding hydrogens is 512 g/mol. The molecule has 0 amide bonds. The van der Waals surface area contributed by atoms with Gasteiger partial charge in [-0.1, -0.05) is 11.6 Å². The lowest BCUT2D eigenvalue weighted by molar-refractivity contribution is 0.0577. The molecule has 0 N–H and O–H groups in total. The first-order chi connectivity index (χ1) is 17.7. The number of halogens is 1. The van der Waals surface area contributed by atoms with E-state index < -0.39 is 9.84 Å². The van der Waals surface area contributed by atoms with Gasteiger partial charge in [0, 0.05) is 47.7 Å². The fourth-order valence-electron chi connectivity index (χ4n) is 6.58. The smallest absolute Gasteiger partial charge is 0.171 e. The van der Waals surface area contributed by atoms with Crippen LogP contribution in [0.4, 0.5) is 5.82 Å². The van der Waals surface area contributed by atoms with Crippen molar-refractivity contribution >= 4 is 27.3 Å². The SMILES string of the molecule is COc1ccc(C)nc1N1CC2(CC(c3nnc4n3-c3ccc(Cl)cc3CN(C3CS(=O)(=O)C3)C4)C2)C1. The number of nitrogens with zero attached hydrogens (tertiary/aromatic N) is 6. The minimum Gasteiger partial charge on any atom is -0.493 e. The van der Waals surface area contributed by atoms with Gasteiger partial charge in [0.05, 0.1) is 30.8 Å². The highest BCUT2D eigenvalue weighted by molar-refractivity contribution is 7.92. The number of pyridine rings is 1. The van der Waals surface area contributed by atoms with Gasteiger partial charge in [0.25, 0.3) is 0 Å². The molecule has 5 heterocycles. The van der Waals surface area contributed by atoms with Gasteiger partial charge in [-0.3, -0.25) is 9.47 Å². The van der Waals surface area contributed by atoms with E-state index in [4.69, 9.17) is 21.3 Å². The van der Waals surface area contributed by atoms with Gasteiger partial charge in [0.1, 0.15) is 5.82 Å². The Hall–Kier alpha value is -2.69. The van der Waals surface area contributed by atoms with Crippen molar-refractivity contribution in [3.8, 4) is 11.4 Å². The molecule has 4 aliphatic rings. The molecule has 1 aromatic carbocycles. The van der Waals surface area contributed by atoms with E-state index in [0.717, 1.165) is 66.1 Å². The highest BCUT2D eigenvalue weighted by Crippen LogP contribution is 2.57. The summed E-state index contributed by atoms with van der Waals surface area (Å²) in [6, 6.07) is 9.91. The Morgan fingerprint density at radius 3 is 2.59 bits per heavy atom. The number of methoxy groups -OCH3 is 1. The Morgan fingerprint density at radius 1 is 1.08 bits per heavy atom. The van der Waals surface area contributed by atoms with E-state index in [2.05, 4.69) is 24.6 Å². The summed E-state index contributed by atoms with van der Waals surface area (Å²) in [5, 5.41) is 9.96. The predicted octanol–water partition coefficient (Wildman–Crippen LogP) is 3.13. The summed E-state index contributed by atoms with van der Waals surface area (Å²) in [5.74, 6) is 4.34. The molecule has 3 aliphatic heterocycles. The summed E-state index contributed by atoms with van der Waals surface area (Å²) >= 11 is 6.38. The van der Waals surface area contributed by atoms with E-state index >= 15 is 0 Å². The minimum absolute atomic E-state index is 0.00341. The minimum atomic E-state index is -2.93. The van der Waals surface area contributed by atoms with Gasteiger partial charge < -0.3 is 9.64 Å². The summed E-state index contributed by atoms with van der Waals surface area (Å²) in [5.41, 5.74) is 3.39. The van der Waals surface area contributed by atoms with Crippen LogP contribution in [0, 0.1) is 12.3 Å². The van der Waals surface area contributed by atoms with Gasteiger partial charge in [0.2, 0.25) is 0 Å². The van der Waals surface area contributed by atoms with Crippen LogP contribution in [0.25, 0.3) is 5.69 Å². The first kappa shape index (κ1) is 23.4. The first-order valence-electron chi connectivity index (χ1n) is 12.7. The number of aromatic nitrogens is 4. The molecule has 0 radical (unpaired) electrons. The lowest BCUT2D eigenvalue weighted by Crippen LogP contribution is -2.62. The highest BCUT2D eigenvalue weighted by Gasteiger charge is 2.55. The number of benzene rings is 1. The van der Waals surface area contributed by atoms with Crippen LogP contribution in [0.15, 0.2) is 30.3 Å². The maximum absolute atomic E-state index is 11.9. The van der Waals surface area contributed by atoms with Crippen molar-refractivity contribution in [3.63, 3.8) is 0 Å². The maximum atomic E-state index is 11.9. The van der Waals surface area contributed by atoms with E-state index in [1.165, 1.54) is 0 Å². The molecule has 3 aromatic rings. The summed E-state index contributed by atoms with van der Waals surface area (Å²) in [7, 11) is -1.23. The fourth-order valence-corrected chi connectivity index (χ4v) is 8.27. The number of sulfone groups is 1. The van der Waals surface area contributed by atoms with E-state index in [0.29, 0.717) is 24.0 Å². The lowest BCUT2D eigenvalue weighted by Gasteiger charge is -2.59. The third-order valence-electron chi connectivity index (χ3n) is 8.44. The Balaban J connectivity index is 1.13. The van der Waals surface area contributed by atoms with Crippen LogP contribution in [0.3, 0.4) is 0 Å². The van der Waals surface area contributed by atoms with Crippen LogP contribution in [-0.4, -0.2) is 70.8 Å². The number of hydrogen-bond donors (Lipinski definition) is 0. The van der Waals surface area contributed by atoms with Gasteiger partial charge in [0.15, 0.2) is 27.2 Å². The van der Waals surface area contributed by atoms with Crippen LogP contribution in [-0.2, 0) is 22.9 Å². The van der Waals surface area contributed by atoms with Crippen molar-refractivity contribution in [2.45, 2.75) is 44.8 Å². The first-order valence-corrected chi connectivity index (χ1v) is 14.9. The quantitative estimate of drug-likeness (QED) is 0.498. The number of rotatable bonds is 4. The summed E-state index contributed by atoms with van der Waals surface area (Å²) in [6.07, 6.45) is 2.12. The number of hydrogen-bond acceptors (Lipinski definition) is 8. The van der Waals surface area contributed by atoms with Crippen LogP contribution < -0.4 is 9.64 Å². The molecular formula is C26H29ClN6O3S. The molecule has 37 heavy (non-hydrogen) atoms. The largest absolute Gasteiger partial charge is 0.493 e. The van der Waals surface area contributed by atoms with Crippen LogP contribution in [0.1, 0.15) is 41.7 Å². The van der Waals surface area contributed by atoms with E-state index in [-0.39, 0.29) is 23.0 Å². The molecule has 1 spiro atoms. The predicted molar refractivity (Wildman–Crippen MR) is 140 cm³/mol. The maximum Gasteiger partial charge on any atom is 0.171 e. The van der Waals surface area contributed by atoms with Crippen LogP contribution in [0.2, 0.25) is 5.02 Å². The molecule has 0 atom stereocenters. The van der Waals surface area contributed by atoms with Crippen LogP contribution >= 0.6 is 11.6 Å². The summed E-state index contributed by atoms with van der Waals surface area (Å²) in [4.78, 5) is 9.25. The van der Waals surface area contributed by atoms with Gasteiger partial charge >= 0.3 is 0 Å². The molecule has 11 heteroatoms. The number of fused-ring (bicyclic) bond motifs is 3. The Morgan fingerprint density at radius 2 is 1.86 bits per heavy atom. The second-order valence-electron chi connectivity index (χ2n) is 11.2. The monoisotopic (exact) mass is 540 g/mol. The standard InChI is InChI=1S/C26H29ClN6O3S/c1-16-3-6-22(36-2)25(28-16)32-14-26(15-32)8-18(9-26)24-30-29-23-11-31(20-12-37(34,35)13-20)10-17-7-19(27)4-5-21(17)33(23)24/h3-7,18,20H,8-15H2,1-2H3. The Labute approximate surface area is 221 Å². The second kappa shape index (κ2) is 8.15. The molecule has 194 valence electrons. The molecule has 2 saturated heterocycles. The van der Waals surface area contributed by atoms with Crippen molar-refractivity contribution < 1.29 is 13.2 Å². The van der Waals surface area contributed by atoms with Gasteiger partial charge in [-0.2, -0.15) is 0 Å². The topological polar surface area (TPSA) is 93.4 Å². The molecule has 9 nitrogen and oxygen atoms in total. The molecule has 2 aromatic heterocycles. The van der Waals surface area contributed by atoms with Gasteiger partial charge in [-0.25, -0.2) is 13.4 Å². The normalized spacial score (nSPS) is 22.4. The molecule has 3 fully saturated rings. The average Bonchev–Trinajstić information content (AvgIpc) is 3.11. The van der Waals surface area contributed by atoms with Crippen molar-refractivity contribution in [2.24, 2.45) is 5.41 Å². The molecule has 1 aliphatic carbocycles. The molecule has 1 saturated carbocycles. The van der Waals surface area contributed by atoms with Crippen molar-refractivity contribution in [1.29, 1.82) is 0 Å². The third kappa shape index (κ3) is 3.83. The van der Waals surface area contributed by atoms with Crippen molar-refractivity contribution in [2.75, 3.05) is 36.6 Å². The zero-order valence-electron chi connectivity index (χ0n) is 20.9. The zero-order valence-corrected chi connectivity index (χ0v) is 22.5. The Bertz CT molecular complexity index is 1500. The summed E-state index contributed by atoms with van der Waals surface area (Å²) < 4.78 is 31.5. The highest BCUT2D eigenvalue weighted by atomic mass is 35.5. The fraction of sp³-hybridized carbons (Fsp3) is 0.500. The van der Waals surface area contributed by atoms with E-state index in [9.17, 15) is 8.42 Å². The zero-order chi connectivity index (χ0) is 25.5. The molecule has 0 bridgehead atoms. The average molecular weight is 541 g/mol. The second-order valence-corrected chi connectivity index (χ2v) is 13.7. The molecule has 7 rings (SSSR count). The number of ether oxygens (including phenoxy) is 1. The summed E-state index contributed by atoms with van der Waals surface area (Å²) in [6.45, 7) is 5.16. The van der Waals surface area contributed by atoms with Crippen molar-refractivity contribution in [3.05, 3.63) is 58.3 Å². The van der Waals surface area contributed by atoms with Crippen molar-refractivity contribution in [1.82, 2.24) is 24.6 Å². The van der Waals surface area contributed by atoms with Gasteiger partial charge in [-0.05, 0) is 55.7 Å². The molecule has 0 unspecified atom stereocenters. The third-order valence-corrected chi connectivity index (χ3v) is 10.5. The van der Waals surface area contributed by atoms with Gasteiger partial charge in [-0.15, -0.1) is 10.2 Å². The Kier molecular flexibility index (Phi) is 5.16. The number of anilines is 1. The lowest BCUT2D eigenvalue weighted by atomic mass is 9.57. The van der Waals surface area contributed by atoms with E-state index in [1.54, 1.807) is 7.11 Å². The van der Waals surface area contributed by atoms with Crippen LogP contribution in [0.5, 0.6) is 5.75 Å². The number of aryl methyl sites for hydroxylation is 1.